The van der Waals surface area contributed by atoms with E-state index >= 15 is 0 Å². The van der Waals surface area contributed by atoms with E-state index < -0.39 is 12.2 Å². The first kappa shape index (κ1) is 12.4. The lowest BCUT2D eigenvalue weighted by Crippen LogP contribution is -2.22. The molecule has 7 heteroatoms. The van der Waals surface area contributed by atoms with Crippen LogP contribution in [0.15, 0.2) is 0 Å². The van der Waals surface area contributed by atoms with Crippen LogP contribution in [0.1, 0.15) is 13.8 Å². The van der Waals surface area contributed by atoms with E-state index in [9.17, 15) is 10.2 Å². The zero-order valence-electron chi connectivity index (χ0n) is 9.83. The fraction of sp³-hybridized carbons (Fsp3) is 0.700. The third kappa shape index (κ3) is 2.46. The molecule has 0 spiro atoms. The van der Waals surface area contributed by atoms with Gasteiger partial charge in [0, 0.05) is 13.1 Å². The highest BCUT2D eigenvalue weighted by molar-refractivity contribution is 7.11. The number of nitrogen functional groups attached to an aromatic ring is 1. The molecule has 1 aliphatic rings. The average Bonchev–Trinajstić information content (AvgIpc) is 2.73. The minimum atomic E-state index is -0.731. The summed E-state index contributed by atoms with van der Waals surface area (Å²) in [6.45, 7) is 4.57. The monoisotopic (exact) mass is 259 g/mol. The second-order valence-corrected chi connectivity index (χ2v) is 5.16. The third-order valence-electron chi connectivity index (χ3n) is 2.56. The van der Waals surface area contributed by atoms with Gasteiger partial charge in [-0.2, -0.15) is 4.37 Å². The van der Waals surface area contributed by atoms with Gasteiger partial charge in [0.1, 0.15) is 0 Å². The molecule has 2 atom stereocenters. The standard InChI is InChI=1S/C10H17N3O3S/c1-5(2)16-8-9(11)12-17-10(8)13-3-6(14)7(15)4-13/h5-7,14-15H,3-4H2,1-2H3,(H2,11,12). The fourth-order valence-electron chi connectivity index (χ4n) is 1.77. The Balaban J connectivity index is 2.21. The van der Waals surface area contributed by atoms with Crippen LogP contribution in [0.5, 0.6) is 5.75 Å². The largest absolute Gasteiger partial charge is 0.484 e. The first-order valence-corrected chi connectivity index (χ1v) is 6.29. The quantitative estimate of drug-likeness (QED) is 0.710. The molecule has 0 bridgehead atoms. The van der Waals surface area contributed by atoms with Crippen molar-refractivity contribution in [2.24, 2.45) is 0 Å². The number of aromatic nitrogens is 1. The molecule has 1 saturated heterocycles. The van der Waals surface area contributed by atoms with E-state index in [1.165, 1.54) is 11.5 Å². The van der Waals surface area contributed by atoms with Crippen LogP contribution in [0.2, 0.25) is 0 Å². The van der Waals surface area contributed by atoms with Crippen LogP contribution < -0.4 is 15.4 Å². The van der Waals surface area contributed by atoms with Crippen LogP contribution in [0.25, 0.3) is 0 Å². The van der Waals surface area contributed by atoms with Gasteiger partial charge in [-0.3, -0.25) is 0 Å². The molecule has 96 valence electrons. The number of nitrogens with two attached hydrogens (primary N) is 1. The van der Waals surface area contributed by atoms with Crippen molar-refractivity contribution in [3.05, 3.63) is 0 Å². The molecule has 2 rings (SSSR count). The van der Waals surface area contributed by atoms with Gasteiger partial charge in [-0.05, 0) is 25.4 Å². The minimum absolute atomic E-state index is 0.00454. The molecule has 1 aromatic rings. The van der Waals surface area contributed by atoms with Crippen LogP contribution in [0, 0.1) is 0 Å². The summed E-state index contributed by atoms with van der Waals surface area (Å²) in [5.74, 6) is 0.904. The summed E-state index contributed by atoms with van der Waals surface area (Å²) in [6, 6.07) is 0. The predicted octanol–water partition coefficient (Wildman–Crippen LogP) is 0.0543. The molecule has 17 heavy (non-hydrogen) atoms. The van der Waals surface area contributed by atoms with E-state index in [4.69, 9.17) is 10.5 Å². The molecule has 0 amide bonds. The van der Waals surface area contributed by atoms with Gasteiger partial charge in [-0.15, -0.1) is 0 Å². The maximum absolute atomic E-state index is 9.53. The van der Waals surface area contributed by atoms with Crippen LogP contribution in [-0.2, 0) is 0 Å². The molecule has 1 fully saturated rings. The highest BCUT2D eigenvalue weighted by Gasteiger charge is 2.33. The van der Waals surface area contributed by atoms with Crippen molar-refractivity contribution in [1.82, 2.24) is 4.37 Å². The molecule has 0 saturated carbocycles. The van der Waals surface area contributed by atoms with E-state index in [2.05, 4.69) is 4.37 Å². The van der Waals surface area contributed by atoms with Crippen molar-refractivity contribution in [1.29, 1.82) is 0 Å². The fourth-order valence-corrected chi connectivity index (χ4v) is 2.54. The molecule has 0 radical (unpaired) electrons. The second kappa shape index (κ2) is 4.67. The zero-order valence-corrected chi connectivity index (χ0v) is 10.6. The molecule has 6 nitrogen and oxygen atoms in total. The summed E-state index contributed by atoms with van der Waals surface area (Å²) < 4.78 is 9.67. The number of β-amino-alcohol motifs (C(OH)–C–C–N with tert-alkyl or cyclic N) is 2. The summed E-state index contributed by atoms with van der Waals surface area (Å²) in [7, 11) is 0. The van der Waals surface area contributed by atoms with Gasteiger partial charge >= 0.3 is 0 Å². The molecule has 2 unspecified atom stereocenters. The van der Waals surface area contributed by atoms with Crippen LogP contribution >= 0.6 is 11.5 Å². The lowest BCUT2D eigenvalue weighted by Gasteiger charge is -2.18. The maximum Gasteiger partial charge on any atom is 0.198 e. The Labute approximate surface area is 104 Å². The highest BCUT2D eigenvalue weighted by atomic mass is 32.1. The Bertz CT molecular complexity index is 386. The molecular formula is C10H17N3O3S. The molecule has 1 aliphatic heterocycles. The van der Waals surface area contributed by atoms with Gasteiger partial charge in [0.2, 0.25) is 0 Å². The van der Waals surface area contributed by atoms with E-state index in [0.29, 0.717) is 24.7 Å². The first-order valence-electron chi connectivity index (χ1n) is 5.52. The van der Waals surface area contributed by atoms with Crippen molar-refractivity contribution in [3.63, 3.8) is 0 Å². The number of hydrogen-bond acceptors (Lipinski definition) is 7. The molecular weight excluding hydrogens is 242 g/mol. The normalized spacial score (nSPS) is 24.6. The van der Waals surface area contributed by atoms with E-state index in [0.717, 1.165) is 5.00 Å². The van der Waals surface area contributed by atoms with E-state index in [1.807, 2.05) is 18.7 Å². The predicted molar refractivity (Wildman–Crippen MR) is 66.5 cm³/mol. The van der Waals surface area contributed by atoms with Crippen molar-refractivity contribution < 1.29 is 14.9 Å². The van der Waals surface area contributed by atoms with Crippen LogP contribution in [0.3, 0.4) is 0 Å². The Kier molecular flexibility index (Phi) is 3.41. The summed E-state index contributed by atoms with van der Waals surface area (Å²) in [4.78, 5) is 1.85. The van der Waals surface area contributed by atoms with Gasteiger partial charge < -0.3 is 25.6 Å². The van der Waals surface area contributed by atoms with E-state index in [1.54, 1.807) is 0 Å². The maximum atomic E-state index is 9.53. The Hall–Kier alpha value is -1.05. The minimum Gasteiger partial charge on any atom is -0.484 e. The Morgan fingerprint density at radius 2 is 2.00 bits per heavy atom. The summed E-state index contributed by atoms with van der Waals surface area (Å²) in [5, 5.41) is 19.8. The molecule has 1 aromatic heterocycles. The molecule has 4 N–H and O–H groups in total. The molecule has 2 heterocycles. The number of nitrogens with zero attached hydrogens (tertiary/aromatic N) is 2. The topological polar surface area (TPSA) is 91.8 Å². The highest BCUT2D eigenvalue weighted by Crippen LogP contribution is 2.40. The molecule has 0 aromatic carbocycles. The van der Waals surface area contributed by atoms with Crippen molar-refractivity contribution >= 4 is 22.4 Å². The third-order valence-corrected chi connectivity index (χ3v) is 3.46. The van der Waals surface area contributed by atoms with Gasteiger partial charge in [0.25, 0.3) is 0 Å². The summed E-state index contributed by atoms with van der Waals surface area (Å²) in [6.07, 6.45) is -1.46. The van der Waals surface area contributed by atoms with Crippen molar-refractivity contribution in [2.75, 3.05) is 23.7 Å². The average molecular weight is 259 g/mol. The van der Waals surface area contributed by atoms with Gasteiger partial charge in [-0.1, -0.05) is 0 Å². The zero-order chi connectivity index (χ0) is 12.6. The number of anilines is 2. The lowest BCUT2D eigenvalue weighted by molar-refractivity contribution is 0.0572. The number of rotatable bonds is 3. The Morgan fingerprint density at radius 3 is 2.53 bits per heavy atom. The van der Waals surface area contributed by atoms with Gasteiger partial charge in [0.15, 0.2) is 16.6 Å². The van der Waals surface area contributed by atoms with E-state index in [-0.39, 0.29) is 6.10 Å². The van der Waals surface area contributed by atoms with Gasteiger partial charge in [0.05, 0.1) is 18.3 Å². The lowest BCUT2D eigenvalue weighted by atomic mass is 10.3. The second-order valence-electron chi connectivity index (χ2n) is 4.41. The van der Waals surface area contributed by atoms with Crippen LogP contribution in [0.4, 0.5) is 10.8 Å². The smallest absolute Gasteiger partial charge is 0.198 e. The molecule has 0 aliphatic carbocycles. The van der Waals surface area contributed by atoms with Crippen molar-refractivity contribution in [3.8, 4) is 5.75 Å². The van der Waals surface area contributed by atoms with Gasteiger partial charge in [-0.25, -0.2) is 0 Å². The first-order chi connectivity index (χ1) is 7.99. The Morgan fingerprint density at radius 1 is 1.41 bits per heavy atom. The number of ether oxygens (including phenoxy) is 1. The number of hydrogen-bond donors (Lipinski definition) is 3. The number of aliphatic hydroxyl groups is 2. The van der Waals surface area contributed by atoms with Crippen molar-refractivity contribution in [2.45, 2.75) is 32.2 Å². The SMILES string of the molecule is CC(C)Oc1c(N)nsc1N1CC(O)C(O)C1. The van der Waals surface area contributed by atoms with Crippen LogP contribution in [-0.4, -0.2) is 46.0 Å². The number of aliphatic hydroxyl groups excluding tert-OH is 2. The summed E-state index contributed by atoms with van der Waals surface area (Å²) >= 11 is 1.22. The summed E-state index contributed by atoms with van der Waals surface area (Å²) in [5.41, 5.74) is 5.75.